The van der Waals surface area contributed by atoms with E-state index in [2.05, 4.69) is 29.1 Å². The highest BCUT2D eigenvalue weighted by Crippen LogP contribution is 2.43. The second kappa shape index (κ2) is 5.78. The van der Waals surface area contributed by atoms with Gasteiger partial charge in [0, 0.05) is 36.2 Å². The smallest absolute Gasteiger partial charge is 0.225 e. The molecule has 124 valence electrons. The number of anilines is 1. The Morgan fingerprint density at radius 2 is 1.96 bits per heavy atom. The van der Waals surface area contributed by atoms with Gasteiger partial charge in [0.1, 0.15) is 19.0 Å². The molecule has 1 atom stereocenters. The number of ether oxygens (including phenoxy) is 2. The van der Waals surface area contributed by atoms with Crippen molar-refractivity contribution in [3.63, 3.8) is 0 Å². The van der Waals surface area contributed by atoms with Crippen LogP contribution in [0.15, 0.2) is 24.4 Å². The first-order valence-corrected chi connectivity index (χ1v) is 8.18. The zero-order valence-electron chi connectivity index (χ0n) is 13.7. The van der Waals surface area contributed by atoms with Gasteiger partial charge >= 0.3 is 0 Å². The first kappa shape index (κ1) is 14.9. The number of nitrogens with zero attached hydrogens (tertiary/aromatic N) is 2. The number of aromatic nitrogens is 2. The fourth-order valence-corrected chi connectivity index (χ4v) is 3.12. The molecule has 2 aromatic rings. The minimum absolute atomic E-state index is 0.0195. The molecule has 6 heteroatoms. The molecule has 0 saturated heterocycles. The van der Waals surface area contributed by atoms with Crippen molar-refractivity contribution in [3.05, 3.63) is 41.5 Å². The van der Waals surface area contributed by atoms with E-state index in [9.17, 15) is 4.79 Å². The molecule has 0 fully saturated rings. The molecule has 6 nitrogen and oxygen atoms in total. The summed E-state index contributed by atoms with van der Waals surface area (Å²) in [4.78, 5) is 21.2. The van der Waals surface area contributed by atoms with Gasteiger partial charge in [0.15, 0.2) is 11.5 Å². The van der Waals surface area contributed by atoms with E-state index < -0.39 is 0 Å². The maximum absolute atomic E-state index is 12.2. The molecule has 2 aliphatic rings. The van der Waals surface area contributed by atoms with Crippen molar-refractivity contribution in [1.82, 2.24) is 9.97 Å². The monoisotopic (exact) mass is 325 g/mol. The highest BCUT2D eigenvalue weighted by Gasteiger charge is 2.30. The number of nitrogens with one attached hydrogen (secondary N) is 1. The third-order valence-corrected chi connectivity index (χ3v) is 4.32. The van der Waals surface area contributed by atoms with Gasteiger partial charge in [-0.25, -0.2) is 9.97 Å². The van der Waals surface area contributed by atoms with Gasteiger partial charge in [-0.05, 0) is 17.7 Å². The lowest BCUT2D eigenvalue weighted by atomic mass is 9.87. The molecule has 1 aromatic carbocycles. The van der Waals surface area contributed by atoms with Gasteiger partial charge in [-0.2, -0.15) is 0 Å². The molecule has 3 heterocycles. The molecular weight excluding hydrogens is 306 g/mol. The molecule has 24 heavy (non-hydrogen) atoms. The van der Waals surface area contributed by atoms with Crippen molar-refractivity contribution >= 4 is 11.6 Å². The highest BCUT2D eigenvalue weighted by atomic mass is 16.6. The van der Waals surface area contributed by atoms with E-state index in [1.165, 1.54) is 0 Å². The number of fused-ring (bicyclic) bond motifs is 2. The summed E-state index contributed by atoms with van der Waals surface area (Å²) < 4.78 is 11.3. The average Bonchev–Trinajstić information content (AvgIpc) is 2.59. The summed E-state index contributed by atoms with van der Waals surface area (Å²) in [7, 11) is 0. The van der Waals surface area contributed by atoms with Gasteiger partial charge in [-0.15, -0.1) is 0 Å². The summed E-state index contributed by atoms with van der Waals surface area (Å²) in [5.41, 5.74) is 2.64. The SMILES string of the molecule is CC(C)c1nccc(C2CC(=O)Nc3cc4c(cc32)OCCO4)n1. The molecule has 1 amide bonds. The molecule has 0 bridgehead atoms. The first-order valence-electron chi connectivity index (χ1n) is 8.18. The Morgan fingerprint density at radius 1 is 1.21 bits per heavy atom. The normalized spacial score (nSPS) is 19.0. The Balaban J connectivity index is 1.80. The zero-order chi connectivity index (χ0) is 16.7. The number of rotatable bonds is 2. The molecule has 0 aliphatic carbocycles. The Labute approximate surface area is 140 Å². The first-order chi connectivity index (χ1) is 11.6. The molecule has 1 N–H and O–H groups in total. The number of hydrogen-bond donors (Lipinski definition) is 1. The van der Waals surface area contributed by atoms with Crippen LogP contribution in [0.1, 0.15) is 49.2 Å². The fraction of sp³-hybridized carbons (Fsp3) is 0.389. The van der Waals surface area contributed by atoms with Crippen LogP contribution in [-0.4, -0.2) is 29.1 Å². The molecule has 1 unspecified atom stereocenters. The van der Waals surface area contributed by atoms with Crippen LogP contribution in [-0.2, 0) is 4.79 Å². The summed E-state index contributed by atoms with van der Waals surface area (Å²) in [6.45, 7) is 5.17. The molecule has 4 rings (SSSR count). The summed E-state index contributed by atoms with van der Waals surface area (Å²) >= 11 is 0. The third kappa shape index (κ3) is 2.58. The maximum Gasteiger partial charge on any atom is 0.225 e. The number of carbonyl (C=O) groups is 1. The van der Waals surface area contributed by atoms with Crippen molar-refractivity contribution < 1.29 is 14.3 Å². The van der Waals surface area contributed by atoms with Crippen LogP contribution in [0.2, 0.25) is 0 Å². The number of carbonyl (C=O) groups excluding carboxylic acids is 1. The van der Waals surface area contributed by atoms with E-state index in [4.69, 9.17) is 9.47 Å². The van der Waals surface area contributed by atoms with Crippen LogP contribution in [0.5, 0.6) is 11.5 Å². The van der Waals surface area contributed by atoms with Gasteiger partial charge in [0.25, 0.3) is 0 Å². The van der Waals surface area contributed by atoms with Gasteiger partial charge in [-0.3, -0.25) is 4.79 Å². The molecule has 0 radical (unpaired) electrons. The Bertz CT molecular complexity index is 804. The summed E-state index contributed by atoms with van der Waals surface area (Å²) in [5, 5.41) is 2.93. The van der Waals surface area contributed by atoms with Crippen LogP contribution < -0.4 is 14.8 Å². The van der Waals surface area contributed by atoms with Crippen LogP contribution in [0, 0.1) is 0 Å². The Morgan fingerprint density at radius 3 is 2.71 bits per heavy atom. The minimum Gasteiger partial charge on any atom is -0.486 e. The van der Waals surface area contributed by atoms with Gasteiger partial charge < -0.3 is 14.8 Å². The Hall–Kier alpha value is -2.63. The van der Waals surface area contributed by atoms with Crippen LogP contribution in [0.4, 0.5) is 5.69 Å². The van der Waals surface area contributed by atoms with E-state index in [0.29, 0.717) is 25.4 Å². The lowest BCUT2D eigenvalue weighted by Gasteiger charge is -2.28. The third-order valence-electron chi connectivity index (χ3n) is 4.32. The van der Waals surface area contributed by atoms with Crippen LogP contribution in [0.3, 0.4) is 0 Å². The van der Waals surface area contributed by atoms with Crippen molar-refractivity contribution in [2.45, 2.75) is 32.1 Å². The van der Waals surface area contributed by atoms with E-state index >= 15 is 0 Å². The van der Waals surface area contributed by atoms with Crippen molar-refractivity contribution in [2.24, 2.45) is 0 Å². The van der Waals surface area contributed by atoms with E-state index in [-0.39, 0.29) is 17.7 Å². The number of amides is 1. The summed E-state index contributed by atoms with van der Waals surface area (Å²) in [6, 6.07) is 5.69. The minimum atomic E-state index is -0.106. The quantitative estimate of drug-likeness (QED) is 0.919. The van der Waals surface area contributed by atoms with Crippen molar-refractivity contribution in [1.29, 1.82) is 0 Å². The van der Waals surface area contributed by atoms with Crippen molar-refractivity contribution in [2.75, 3.05) is 18.5 Å². The second-order valence-electron chi connectivity index (χ2n) is 6.38. The Kier molecular flexibility index (Phi) is 3.59. The largest absolute Gasteiger partial charge is 0.486 e. The zero-order valence-corrected chi connectivity index (χ0v) is 13.7. The second-order valence-corrected chi connectivity index (χ2v) is 6.38. The van der Waals surface area contributed by atoms with E-state index in [0.717, 1.165) is 28.5 Å². The van der Waals surface area contributed by atoms with Crippen LogP contribution in [0.25, 0.3) is 0 Å². The van der Waals surface area contributed by atoms with E-state index in [1.807, 2.05) is 18.2 Å². The van der Waals surface area contributed by atoms with Crippen molar-refractivity contribution in [3.8, 4) is 11.5 Å². The van der Waals surface area contributed by atoms with Gasteiger partial charge in [0.05, 0.1) is 5.69 Å². The van der Waals surface area contributed by atoms with Gasteiger partial charge in [-0.1, -0.05) is 13.8 Å². The molecule has 1 aromatic heterocycles. The highest BCUT2D eigenvalue weighted by molar-refractivity contribution is 5.95. The average molecular weight is 325 g/mol. The lowest BCUT2D eigenvalue weighted by molar-refractivity contribution is -0.116. The maximum atomic E-state index is 12.2. The summed E-state index contributed by atoms with van der Waals surface area (Å²) in [5.74, 6) is 2.30. The molecule has 2 aliphatic heterocycles. The predicted octanol–water partition coefficient (Wildman–Crippen LogP) is 2.85. The van der Waals surface area contributed by atoms with E-state index in [1.54, 1.807) is 6.20 Å². The fourth-order valence-electron chi connectivity index (χ4n) is 3.12. The summed E-state index contributed by atoms with van der Waals surface area (Å²) in [6.07, 6.45) is 2.13. The lowest BCUT2D eigenvalue weighted by Crippen LogP contribution is -2.25. The topological polar surface area (TPSA) is 73.3 Å². The number of hydrogen-bond acceptors (Lipinski definition) is 5. The van der Waals surface area contributed by atoms with Crippen LogP contribution >= 0.6 is 0 Å². The predicted molar refractivity (Wildman–Crippen MR) is 88.6 cm³/mol. The molecule has 0 spiro atoms. The van der Waals surface area contributed by atoms with Gasteiger partial charge in [0.2, 0.25) is 5.91 Å². The molecule has 0 saturated carbocycles. The standard InChI is InChI=1S/C18H19N3O3/c1-10(2)18-19-4-3-13(21-18)12-8-17(22)20-14-9-16-15(7-11(12)14)23-5-6-24-16/h3-4,7,9-10,12H,5-6,8H2,1-2H3,(H,20,22). The number of benzene rings is 1. The molecular formula is C18H19N3O3.